The fourth-order valence-corrected chi connectivity index (χ4v) is 2.83. The smallest absolute Gasteiger partial charge is 0.186 e. The van der Waals surface area contributed by atoms with Crippen LogP contribution in [0.3, 0.4) is 0 Å². The maximum absolute atomic E-state index is 11.5. The standard InChI is InChI=1S/C18H24O3/c19-16-9-5-4-8-15(12-13-17(20)18(16)21)11-10-14-6-2-1-3-7-14/h1-3,5-7,9,15,17-18,20-21H,4,8,10-13H2. The number of allylic oxidation sites excluding steroid dienone is 1. The van der Waals surface area contributed by atoms with Crippen molar-refractivity contribution in [1.82, 2.24) is 0 Å². The summed E-state index contributed by atoms with van der Waals surface area (Å²) in [4.78, 5) is 11.5. The Balaban J connectivity index is 1.91. The number of aliphatic hydroxyl groups is 2. The molecule has 3 unspecified atom stereocenters. The molecular formula is C18H24O3. The summed E-state index contributed by atoms with van der Waals surface area (Å²) in [7, 11) is 0. The van der Waals surface area contributed by atoms with E-state index < -0.39 is 12.2 Å². The maximum atomic E-state index is 11.5. The average molecular weight is 288 g/mol. The van der Waals surface area contributed by atoms with Gasteiger partial charge in [0, 0.05) is 0 Å². The Bertz CT molecular complexity index is 467. The normalized spacial score (nSPS) is 27.5. The molecule has 2 N–H and O–H groups in total. The minimum Gasteiger partial charge on any atom is -0.390 e. The Morgan fingerprint density at radius 2 is 1.81 bits per heavy atom. The molecule has 3 atom stereocenters. The largest absolute Gasteiger partial charge is 0.390 e. The maximum Gasteiger partial charge on any atom is 0.186 e. The van der Waals surface area contributed by atoms with Crippen LogP contribution in [-0.2, 0) is 11.2 Å². The predicted octanol–water partition coefficient (Wildman–Crippen LogP) is 2.66. The van der Waals surface area contributed by atoms with Crippen molar-refractivity contribution in [2.45, 2.75) is 50.7 Å². The van der Waals surface area contributed by atoms with Crippen LogP contribution in [0.2, 0.25) is 0 Å². The minimum atomic E-state index is -1.27. The highest BCUT2D eigenvalue weighted by Crippen LogP contribution is 2.23. The van der Waals surface area contributed by atoms with E-state index in [2.05, 4.69) is 24.3 Å². The van der Waals surface area contributed by atoms with Crippen molar-refractivity contribution < 1.29 is 15.0 Å². The van der Waals surface area contributed by atoms with Gasteiger partial charge in [-0.05, 0) is 56.1 Å². The number of aliphatic hydroxyl groups excluding tert-OH is 2. The first-order chi connectivity index (χ1) is 10.2. The van der Waals surface area contributed by atoms with Crippen LogP contribution in [-0.4, -0.2) is 28.2 Å². The SMILES string of the molecule is O=C1C=CCCC(CCc2ccccc2)CCC(O)C1O. The summed E-state index contributed by atoms with van der Waals surface area (Å²) in [5.41, 5.74) is 1.33. The van der Waals surface area contributed by atoms with Crippen molar-refractivity contribution in [2.75, 3.05) is 0 Å². The zero-order chi connectivity index (χ0) is 15.1. The molecule has 0 saturated carbocycles. The summed E-state index contributed by atoms with van der Waals surface area (Å²) in [6.45, 7) is 0. The van der Waals surface area contributed by atoms with Crippen molar-refractivity contribution in [1.29, 1.82) is 0 Å². The van der Waals surface area contributed by atoms with Crippen LogP contribution in [0, 0.1) is 5.92 Å². The number of benzene rings is 1. The van der Waals surface area contributed by atoms with Crippen LogP contribution in [0.1, 0.15) is 37.7 Å². The predicted molar refractivity (Wildman–Crippen MR) is 82.9 cm³/mol. The average Bonchev–Trinajstić information content (AvgIpc) is 2.52. The number of ketones is 1. The second-order valence-corrected chi connectivity index (χ2v) is 5.86. The van der Waals surface area contributed by atoms with E-state index in [0.717, 1.165) is 32.1 Å². The number of carbonyl (C=O) groups excluding carboxylic acids is 1. The second-order valence-electron chi connectivity index (χ2n) is 5.86. The van der Waals surface area contributed by atoms with Crippen LogP contribution in [0.5, 0.6) is 0 Å². The molecule has 0 saturated heterocycles. The molecule has 1 aromatic carbocycles. The van der Waals surface area contributed by atoms with Crippen molar-refractivity contribution in [3.05, 3.63) is 48.0 Å². The lowest BCUT2D eigenvalue weighted by Gasteiger charge is -2.21. The van der Waals surface area contributed by atoms with Gasteiger partial charge in [0.25, 0.3) is 0 Å². The van der Waals surface area contributed by atoms with Gasteiger partial charge < -0.3 is 10.2 Å². The highest BCUT2D eigenvalue weighted by molar-refractivity contribution is 5.93. The zero-order valence-electron chi connectivity index (χ0n) is 12.3. The van der Waals surface area contributed by atoms with Crippen LogP contribution in [0.4, 0.5) is 0 Å². The lowest BCUT2D eigenvalue weighted by atomic mass is 9.88. The molecular weight excluding hydrogens is 264 g/mol. The third kappa shape index (κ3) is 5.10. The van der Waals surface area contributed by atoms with E-state index in [0.29, 0.717) is 12.3 Å². The quantitative estimate of drug-likeness (QED) is 0.899. The second kappa shape index (κ2) is 8.11. The van der Waals surface area contributed by atoms with Gasteiger partial charge in [-0.2, -0.15) is 0 Å². The van der Waals surface area contributed by atoms with Gasteiger partial charge in [0.05, 0.1) is 6.10 Å². The van der Waals surface area contributed by atoms with E-state index >= 15 is 0 Å². The molecule has 0 aliphatic heterocycles. The molecule has 3 nitrogen and oxygen atoms in total. The number of rotatable bonds is 3. The van der Waals surface area contributed by atoms with Crippen LogP contribution in [0.15, 0.2) is 42.5 Å². The Morgan fingerprint density at radius 3 is 2.57 bits per heavy atom. The van der Waals surface area contributed by atoms with Gasteiger partial charge in [-0.3, -0.25) is 4.79 Å². The van der Waals surface area contributed by atoms with Crippen molar-refractivity contribution in [3.63, 3.8) is 0 Å². The molecule has 21 heavy (non-hydrogen) atoms. The van der Waals surface area contributed by atoms with Crippen LogP contribution in [0.25, 0.3) is 0 Å². The van der Waals surface area contributed by atoms with Gasteiger partial charge >= 0.3 is 0 Å². The van der Waals surface area contributed by atoms with Gasteiger partial charge in [0.15, 0.2) is 5.78 Å². The molecule has 0 heterocycles. The molecule has 1 aliphatic carbocycles. The van der Waals surface area contributed by atoms with E-state index in [-0.39, 0.29) is 5.78 Å². The summed E-state index contributed by atoms with van der Waals surface area (Å²) in [6, 6.07) is 10.4. The molecule has 0 bridgehead atoms. The summed E-state index contributed by atoms with van der Waals surface area (Å²) in [5.74, 6) is 0.134. The van der Waals surface area contributed by atoms with E-state index in [4.69, 9.17) is 0 Å². The molecule has 1 aliphatic rings. The van der Waals surface area contributed by atoms with E-state index in [9.17, 15) is 15.0 Å². The van der Waals surface area contributed by atoms with Crippen molar-refractivity contribution in [2.24, 2.45) is 5.92 Å². The Morgan fingerprint density at radius 1 is 1.05 bits per heavy atom. The molecule has 3 heteroatoms. The van der Waals surface area contributed by atoms with Gasteiger partial charge in [0.1, 0.15) is 6.10 Å². The Labute approximate surface area is 126 Å². The summed E-state index contributed by atoms with van der Waals surface area (Å²) in [5, 5.41) is 19.6. The topological polar surface area (TPSA) is 57.5 Å². The molecule has 0 aromatic heterocycles. The molecule has 2 rings (SSSR count). The van der Waals surface area contributed by atoms with Crippen LogP contribution >= 0.6 is 0 Å². The highest BCUT2D eigenvalue weighted by Gasteiger charge is 2.24. The summed E-state index contributed by atoms with van der Waals surface area (Å²) in [6.07, 6.45) is 6.35. The molecule has 0 spiro atoms. The molecule has 0 amide bonds. The number of carbonyl (C=O) groups is 1. The number of hydrogen-bond donors (Lipinski definition) is 2. The summed E-state index contributed by atoms with van der Waals surface area (Å²) >= 11 is 0. The Kier molecular flexibility index (Phi) is 6.15. The van der Waals surface area contributed by atoms with E-state index in [1.165, 1.54) is 11.6 Å². The monoisotopic (exact) mass is 288 g/mol. The first-order valence-corrected chi connectivity index (χ1v) is 7.77. The first-order valence-electron chi connectivity index (χ1n) is 7.77. The van der Waals surface area contributed by atoms with E-state index in [1.54, 1.807) is 0 Å². The number of hydrogen-bond acceptors (Lipinski definition) is 3. The lowest BCUT2D eigenvalue weighted by Crippen LogP contribution is -2.33. The molecule has 0 fully saturated rings. The Hall–Kier alpha value is -1.45. The fraction of sp³-hybridized carbons (Fsp3) is 0.500. The number of aryl methyl sites for hydroxylation is 1. The highest BCUT2D eigenvalue weighted by atomic mass is 16.3. The first kappa shape index (κ1) is 15.9. The summed E-state index contributed by atoms with van der Waals surface area (Å²) < 4.78 is 0. The third-order valence-electron chi connectivity index (χ3n) is 4.23. The molecule has 0 radical (unpaired) electrons. The van der Waals surface area contributed by atoms with Crippen LogP contribution < -0.4 is 0 Å². The molecule has 1 aromatic rings. The van der Waals surface area contributed by atoms with Gasteiger partial charge in [-0.15, -0.1) is 0 Å². The van der Waals surface area contributed by atoms with E-state index in [1.807, 2.05) is 12.1 Å². The van der Waals surface area contributed by atoms with Gasteiger partial charge in [-0.25, -0.2) is 0 Å². The van der Waals surface area contributed by atoms with Crippen molar-refractivity contribution >= 4 is 5.78 Å². The fourth-order valence-electron chi connectivity index (χ4n) is 2.83. The zero-order valence-corrected chi connectivity index (χ0v) is 12.3. The molecule has 114 valence electrons. The van der Waals surface area contributed by atoms with Gasteiger partial charge in [-0.1, -0.05) is 36.4 Å². The third-order valence-corrected chi connectivity index (χ3v) is 4.23. The lowest BCUT2D eigenvalue weighted by molar-refractivity contribution is -0.128. The van der Waals surface area contributed by atoms with Crippen molar-refractivity contribution in [3.8, 4) is 0 Å². The minimum absolute atomic E-state index is 0.384. The van der Waals surface area contributed by atoms with Gasteiger partial charge in [0.2, 0.25) is 0 Å².